The number of carbonyl (C=O) groups is 4. The summed E-state index contributed by atoms with van der Waals surface area (Å²) in [6.45, 7) is 8.05. The summed E-state index contributed by atoms with van der Waals surface area (Å²) in [5, 5.41) is 31.5. The zero-order valence-corrected chi connectivity index (χ0v) is 51.3. The molecule has 3 atom stereocenters. The summed E-state index contributed by atoms with van der Waals surface area (Å²) >= 11 is 24.2. The highest BCUT2D eigenvalue weighted by Gasteiger charge is 2.32. The van der Waals surface area contributed by atoms with E-state index in [2.05, 4.69) is 35.9 Å². The molecule has 10 rings (SSSR count). The summed E-state index contributed by atoms with van der Waals surface area (Å²) in [6.07, 6.45) is 3.34. The van der Waals surface area contributed by atoms with Crippen LogP contribution in [-0.4, -0.2) is 87.7 Å². The third-order valence-corrected chi connectivity index (χ3v) is 17.2. The molecule has 0 spiro atoms. The van der Waals surface area contributed by atoms with Gasteiger partial charge >= 0.3 is 5.97 Å². The number of rotatable bonds is 12. The lowest BCUT2D eigenvalue weighted by Gasteiger charge is -2.35. The molecule has 0 saturated heterocycles. The van der Waals surface area contributed by atoms with E-state index in [0.29, 0.717) is 40.1 Å². The first kappa shape index (κ1) is 65.5. The van der Waals surface area contributed by atoms with E-state index < -0.39 is 32.3 Å². The molecule has 3 heterocycles. The predicted molar refractivity (Wildman–Crippen MR) is 335 cm³/mol. The van der Waals surface area contributed by atoms with E-state index in [4.69, 9.17) is 57.2 Å². The van der Waals surface area contributed by atoms with Crippen molar-refractivity contribution in [2.75, 3.05) is 36.3 Å². The smallest absolute Gasteiger partial charge is 0.308 e. The normalized spacial score (nSPS) is 15.7. The number of fused-ring (bicyclic) bond motifs is 3. The minimum Gasteiger partial charge on any atom is -0.481 e. The Hall–Kier alpha value is -8.07. The van der Waals surface area contributed by atoms with Crippen molar-refractivity contribution in [1.29, 1.82) is 0 Å². The van der Waals surface area contributed by atoms with E-state index >= 15 is 0 Å². The Bertz CT molecular complexity index is 3800. The van der Waals surface area contributed by atoms with Crippen LogP contribution in [0.4, 0.5) is 22.7 Å². The van der Waals surface area contributed by atoms with Crippen molar-refractivity contribution in [3.63, 3.8) is 0 Å². The minimum atomic E-state index is -3.46. The quantitative estimate of drug-likeness (QED) is 0.0586. The molecule has 23 heteroatoms. The Morgan fingerprint density at radius 3 is 1.21 bits per heavy atom. The van der Waals surface area contributed by atoms with E-state index in [0.717, 1.165) is 48.8 Å². The third-order valence-electron chi connectivity index (χ3n) is 15.2. The number of hydrogen-bond donors (Lipinski definition) is 3. The number of hydrogen-bond acceptors (Lipinski definition) is 11. The number of sulfonamides is 1. The first-order valence-corrected chi connectivity index (χ1v) is 30.7. The van der Waals surface area contributed by atoms with Crippen molar-refractivity contribution >= 4 is 103 Å². The fraction of sp³-hybridized carbons (Fsp3) is 0.270. The summed E-state index contributed by atoms with van der Waals surface area (Å²) in [4.78, 5) is 74.9. The van der Waals surface area contributed by atoms with Gasteiger partial charge < -0.3 is 25.5 Å². The van der Waals surface area contributed by atoms with Crippen molar-refractivity contribution in [2.24, 2.45) is 0 Å². The number of nitro benzene ring substituents is 2. The summed E-state index contributed by atoms with van der Waals surface area (Å²) in [5.41, 5.74) is 15.4. The number of nitrogen functional groups attached to an aromatic ring is 1. The number of amides is 3. The second kappa shape index (κ2) is 29.3. The number of nitro groups is 2. The molecule has 3 aliphatic heterocycles. The Labute approximate surface area is 518 Å². The largest absolute Gasteiger partial charge is 0.481 e. The molecule has 3 amide bonds. The molecule has 0 aliphatic carbocycles. The molecule has 0 saturated carbocycles. The number of anilines is 2. The molecule has 7 aromatic carbocycles. The zero-order valence-electron chi connectivity index (χ0n) is 47.4. The van der Waals surface area contributed by atoms with Crippen LogP contribution in [0.5, 0.6) is 0 Å². The Morgan fingerprint density at radius 1 is 0.512 bits per heavy atom. The number of aliphatic carboxylic acids is 1. The second-order valence-corrected chi connectivity index (χ2v) is 24.1. The first-order chi connectivity index (χ1) is 40.8. The Balaban J connectivity index is 0.000000167. The monoisotopic (exact) mass is 1270 g/mol. The average Bonchev–Trinajstić information content (AvgIpc) is 2.40. The van der Waals surface area contributed by atoms with E-state index in [1.807, 2.05) is 72.2 Å². The lowest BCUT2D eigenvalue weighted by atomic mass is 9.93. The summed E-state index contributed by atoms with van der Waals surface area (Å²) in [6, 6.07) is 43.3. The van der Waals surface area contributed by atoms with Crippen LogP contribution < -0.4 is 10.5 Å². The third kappa shape index (κ3) is 16.5. The molecular formula is C63H63Cl4N7O11S. The fourth-order valence-electron chi connectivity index (χ4n) is 10.8. The van der Waals surface area contributed by atoms with Gasteiger partial charge in [0.2, 0.25) is 27.7 Å². The molecule has 4 N–H and O–H groups in total. The molecule has 0 radical (unpaired) electrons. The molecule has 18 nitrogen and oxygen atoms in total. The second-order valence-electron chi connectivity index (χ2n) is 20.7. The van der Waals surface area contributed by atoms with Gasteiger partial charge in [0.25, 0.3) is 11.4 Å². The first-order valence-electron chi connectivity index (χ1n) is 27.3. The number of halogens is 4. The molecule has 0 aromatic heterocycles. The van der Waals surface area contributed by atoms with Crippen LogP contribution in [0.25, 0.3) is 0 Å². The van der Waals surface area contributed by atoms with Gasteiger partial charge in [0, 0.05) is 58.6 Å². The van der Waals surface area contributed by atoms with Gasteiger partial charge in [0.15, 0.2) is 0 Å². The van der Waals surface area contributed by atoms with Crippen molar-refractivity contribution in [2.45, 2.75) is 83.8 Å². The molecule has 7 aromatic rings. The van der Waals surface area contributed by atoms with Gasteiger partial charge in [-0.15, -0.1) is 0 Å². The van der Waals surface area contributed by atoms with Crippen LogP contribution in [0.3, 0.4) is 0 Å². The summed E-state index contributed by atoms with van der Waals surface area (Å²) in [5.74, 6) is -1.30. The van der Waals surface area contributed by atoms with Gasteiger partial charge in [-0.2, -0.15) is 0 Å². The van der Waals surface area contributed by atoms with Crippen LogP contribution >= 0.6 is 46.4 Å². The minimum absolute atomic E-state index is 0.0266. The maximum absolute atomic E-state index is 12.9. The Kier molecular flexibility index (Phi) is 22.3. The van der Waals surface area contributed by atoms with E-state index in [1.54, 1.807) is 47.4 Å². The van der Waals surface area contributed by atoms with Crippen LogP contribution in [0.1, 0.15) is 94.5 Å². The number of carboxylic acids is 1. The van der Waals surface area contributed by atoms with Crippen LogP contribution in [0, 0.1) is 20.2 Å². The maximum atomic E-state index is 12.9. The van der Waals surface area contributed by atoms with Gasteiger partial charge in [-0.3, -0.25) is 44.1 Å². The van der Waals surface area contributed by atoms with Crippen LogP contribution in [-0.2, 0) is 74.1 Å². The van der Waals surface area contributed by atoms with Gasteiger partial charge in [-0.05, 0) is 110 Å². The number of nitrogens with one attached hydrogen (secondary N) is 1. The van der Waals surface area contributed by atoms with Crippen molar-refractivity contribution in [1.82, 2.24) is 14.7 Å². The lowest BCUT2D eigenvalue weighted by molar-refractivity contribution is -0.385. The lowest BCUT2D eigenvalue weighted by Crippen LogP contribution is -2.39. The van der Waals surface area contributed by atoms with Gasteiger partial charge in [0.1, 0.15) is 0 Å². The average molecular weight is 1270 g/mol. The molecule has 0 fully saturated rings. The summed E-state index contributed by atoms with van der Waals surface area (Å²) in [7, 11) is -3.46. The molecule has 450 valence electrons. The van der Waals surface area contributed by atoms with Crippen molar-refractivity contribution < 1.29 is 42.5 Å². The summed E-state index contributed by atoms with van der Waals surface area (Å²) < 4.78 is 25.6. The maximum Gasteiger partial charge on any atom is 0.308 e. The van der Waals surface area contributed by atoms with Crippen molar-refractivity contribution in [3.05, 3.63) is 242 Å². The van der Waals surface area contributed by atoms with Crippen molar-refractivity contribution in [3.8, 4) is 0 Å². The molecule has 0 unspecified atom stereocenters. The van der Waals surface area contributed by atoms with Crippen LogP contribution in [0.15, 0.2) is 146 Å². The highest BCUT2D eigenvalue weighted by molar-refractivity contribution is 7.92. The van der Waals surface area contributed by atoms with Crippen LogP contribution in [0.2, 0.25) is 20.1 Å². The highest BCUT2D eigenvalue weighted by Crippen LogP contribution is 2.36. The standard InChI is InChI=1S/C19H21ClN2O3S.C18H17ClN2O3.C18H19ClN2O.C8H6ClNO4/c1-13-15-7-4-3-6-14(15)10-11-22(13)19(23)12-16-17(20)8-5-9-18(16)21-26(2,24)25;1-12-14-6-3-2-5-13(14)9-10-20(12)18(22)11-15-16(19)7-4-8-17(15)21(23)24;1-12-14-6-3-2-5-13(14)9-10-21(12)18(22)11-15-16(19)7-4-8-17(15)20;9-6-2-1-3-7(10(13)14)5(6)4-8(11)12/h3-9,13,21H,10-12H2,1-2H3;2-8,12H,9-11H2,1H3;2-8,12H,9-11,20H2,1H3;1-3H,4H2,(H,11,12)/t13-;2*12-;/m000./s1. The van der Waals surface area contributed by atoms with Gasteiger partial charge in [-0.1, -0.05) is 143 Å². The highest BCUT2D eigenvalue weighted by atomic mass is 35.5. The van der Waals surface area contributed by atoms with E-state index in [9.17, 15) is 47.8 Å². The topological polar surface area (TPSA) is 257 Å². The number of nitrogens with two attached hydrogens (primary N) is 1. The number of carboxylic acid groups (broad SMARTS) is 1. The molecule has 86 heavy (non-hydrogen) atoms. The Morgan fingerprint density at radius 2 is 0.837 bits per heavy atom. The number of carbonyl (C=O) groups excluding carboxylic acids is 3. The molecular weight excluding hydrogens is 1200 g/mol. The SMILES string of the molecule is C[C@H]1c2ccccc2CCN1C(=O)Cc1c(Cl)cccc1NS(C)(=O)=O.C[C@H]1c2ccccc2CCN1C(=O)Cc1c(Cl)cccc1[N+](=O)[O-].C[C@H]1c2ccccc2CCN1C(=O)Cc1c(N)cccc1Cl.O=C(O)Cc1c(Cl)cccc1[N+](=O)[O-]. The number of benzene rings is 7. The van der Waals surface area contributed by atoms with E-state index in [1.165, 1.54) is 52.6 Å². The molecule has 0 bridgehead atoms. The predicted octanol–water partition coefficient (Wildman–Crippen LogP) is 12.8. The van der Waals surface area contributed by atoms with Gasteiger partial charge in [-0.25, -0.2) is 8.42 Å². The fourth-order valence-corrected chi connectivity index (χ4v) is 12.4. The number of nitrogens with zero attached hydrogens (tertiary/aromatic N) is 5. The van der Waals surface area contributed by atoms with E-state index in [-0.39, 0.29) is 87.7 Å². The van der Waals surface area contributed by atoms with Gasteiger partial charge in [0.05, 0.1) is 86.8 Å². The molecule has 3 aliphatic rings. The zero-order chi connectivity index (χ0) is 62.6.